The van der Waals surface area contributed by atoms with E-state index < -0.39 is 0 Å². The number of hydrogen-bond acceptors (Lipinski definition) is 4. The number of ether oxygens (including phenoxy) is 1. The highest BCUT2D eigenvalue weighted by Gasteiger charge is 2.63. The number of nitrogens with zero attached hydrogens (tertiary/aromatic N) is 3. The summed E-state index contributed by atoms with van der Waals surface area (Å²) in [5.41, 5.74) is -0.692. The lowest BCUT2D eigenvalue weighted by Crippen LogP contribution is -2.57. The molecule has 0 N–H and O–H groups in total. The van der Waals surface area contributed by atoms with Crippen LogP contribution in [-0.4, -0.2) is 85.5 Å². The number of amides is 2. The molecule has 6 nitrogen and oxygen atoms in total. The van der Waals surface area contributed by atoms with Gasteiger partial charge in [-0.15, -0.1) is 0 Å². The molecule has 2 bridgehead atoms. The average Bonchev–Trinajstić information content (AvgIpc) is 3.20. The van der Waals surface area contributed by atoms with Crippen molar-refractivity contribution in [3.05, 3.63) is 0 Å². The van der Waals surface area contributed by atoms with Crippen molar-refractivity contribution in [1.29, 1.82) is 0 Å². The summed E-state index contributed by atoms with van der Waals surface area (Å²) in [5, 5.41) is 0. The van der Waals surface area contributed by atoms with E-state index >= 15 is 0 Å². The average molecular weight is 378 g/mol. The zero-order valence-corrected chi connectivity index (χ0v) is 17.2. The van der Waals surface area contributed by atoms with Gasteiger partial charge < -0.3 is 19.4 Å². The lowest BCUT2D eigenvalue weighted by Gasteiger charge is -2.45. The van der Waals surface area contributed by atoms with Crippen LogP contribution in [-0.2, 0) is 14.3 Å². The van der Waals surface area contributed by atoms with Gasteiger partial charge in [0.25, 0.3) is 0 Å². The van der Waals surface area contributed by atoms with Crippen LogP contribution >= 0.6 is 0 Å². The molecule has 4 rings (SSSR count). The molecular weight excluding hydrogens is 342 g/mol. The molecule has 2 amide bonds. The van der Waals surface area contributed by atoms with Crippen LogP contribution in [0, 0.1) is 10.8 Å². The third kappa shape index (κ3) is 2.82. The fourth-order valence-corrected chi connectivity index (χ4v) is 6.15. The molecule has 4 aliphatic rings. The Labute approximate surface area is 163 Å². The normalized spacial score (nSPS) is 35.4. The van der Waals surface area contributed by atoms with Gasteiger partial charge in [0.2, 0.25) is 11.8 Å². The van der Waals surface area contributed by atoms with Gasteiger partial charge in [-0.2, -0.15) is 0 Å². The summed E-state index contributed by atoms with van der Waals surface area (Å²) in [6.07, 6.45) is 6.69. The van der Waals surface area contributed by atoms with Crippen molar-refractivity contribution in [3.8, 4) is 0 Å². The molecule has 3 atom stereocenters. The van der Waals surface area contributed by atoms with Crippen LogP contribution in [0.25, 0.3) is 0 Å². The molecule has 0 radical (unpaired) electrons. The molecule has 0 unspecified atom stereocenters. The fourth-order valence-electron chi connectivity index (χ4n) is 6.15. The van der Waals surface area contributed by atoms with Gasteiger partial charge in [0.1, 0.15) is 0 Å². The van der Waals surface area contributed by atoms with Gasteiger partial charge in [0.05, 0.1) is 17.4 Å². The second-order valence-corrected chi connectivity index (χ2v) is 9.34. The Bertz CT molecular complexity index is 597. The van der Waals surface area contributed by atoms with Crippen LogP contribution in [0.5, 0.6) is 0 Å². The molecular formula is C21H35N3O3. The molecule has 0 aromatic heterocycles. The fraction of sp³-hybridized carbons (Fsp3) is 0.905. The monoisotopic (exact) mass is 377 g/mol. The van der Waals surface area contributed by atoms with E-state index in [4.69, 9.17) is 4.74 Å². The van der Waals surface area contributed by atoms with Crippen molar-refractivity contribution in [2.24, 2.45) is 10.8 Å². The largest absolute Gasteiger partial charge is 0.384 e. The second kappa shape index (κ2) is 7.03. The topological polar surface area (TPSA) is 53.1 Å². The number of carbonyl (C=O) groups is 2. The first-order valence-electron chi connectivity index (χ1n) is 10.8. The molecule has 1 saturated carbocycles. The highest BCUT2D eigenvalue weighted by atomic mass is 16.5. The minimum atomic E-state index is -0.369. The molecule has 0 spiro atoms. The molecule has 1 aliphatic carbocycles. The van der Waals surface area contributed by atoms with E-state index in [9.17, 15) is 9.59 Å². The molecule has 3 aliphatic heterocycles. The maximum absolute atomic E-state index is 13.6. The van der Waals surface area contributed by atoms with Crippen molar-refractivity contribution in [1.82, 2.24) is 14.7 Å². The minimum Gasteiger partial charge on any atom is -0.384 e. The smallest absolute Gasteiger partial charge is 0.231 e. The number of likely N-dealkylation sites (N-methyl/N-ethyl adjacent to an activating group) is 1. The molecule has 6 heteroatoms. The minimum absolute atomic E-state index is 0.0847. The van der Waals surface area contributed by atoms with Gasteiger partial charge in [0, 0.05) is 45.4 Å². The van der Waals surface area contributed by atoms with Gasteiger partial charge in [-0.1, -0.05) is 13.3 Å². The lowest BCUT2D eigenvalue weighted by molar-refractivity contribution is -0.156. The lowest BCUT2D eigenvalue weighted by atomic mass is 9.68. The van der Waals surface area contributed by atoms with Crippen LogP contribution in [0.1, 0.15) is 51.9 Å². The van der Waals surface area contributed by atoms with Gasteiger partial charge in [-0.05, 0) is 45.6 Å². The Morgan fingerprint density at radius 1 is 1.07 bits per heavy atom. The van der Waals surface area contributed by atoms with Crippen LogP contribution in [0.3, 0.4) is 0 Å². The van der Waals surface area contributed by atoms with Crippen LogP contribution in [0.15, 0.2) is 0 Å². The van der Waals surface area contributed by atoms with Crippen LogP contribution < -0.4 is 0 Å². The number of methoxy groups -OCH3 is 1. The molecule has 3 saturated heterocycles. The first kappa shape index (κ1) is 19.2. The Morgan fingerprint density at radius 3 is 2.33 bits per heavy atom. The van der Waals surface area contributed by atoms with E-state index in [0.717, 1.165) is 71.1 Å². The van der Waals surface area contributed by atoms with E-state index in [1.165, 1.54) is 0 Å². The first-order chi connectivity index (χ1) is 13.0. The summed E-state index contributed by atoms with van der Waals surface area (Å²) in [6, 6.07) is 0.328. The third-order valence-corrected chi connectivity index (χ3v) is 8.01. The van der Waals surface area contributed by atoms with Gasteiger partial charge in [0.15, 0.2) is 0 Å². The second-order valence-electron chi connectivity index (χ2n) is 9.34. The quantitative estimate of drug-likeness (QED) is 0.732. The summed E-state index contributed by atoms with van der Waals surface area (Å²) in [6.45, 7) is 6.18. The maximum Gasteiger partial charge on any atom is 0.231 e. The summed E-state index contributed by atoms with van der Waals surface area (Å²) in [5.74, 6) is 0.571. The van der Waals surface area contributed by atoms with Crippen molar-refractivity contribution < 1.29 is 14.3 Å². The summed E-state index contributed by atoms with van der Waals surface area (Å²) in [7, 11) is 3.81. The number of fused-ring (bicyclic) bond motifs is 2. The zero-order chi connectivity index (χ0) is 19.2. The Morgan fingerprint density at radius 2 is 1.78 bits per heavy atom. The molecule has 27 heavy (non-hydrogen) atoms. The van der Waals surface area contributed by atoms with Crippen molar-refractivity contribution in [2.45, 2.75) is 64.0 Å². The summed E-state index contributed by atoms with van der Waals surface area (Å²) in [4.78, 5) is 33.7. The molecule has 152 valence electrons. The van der Waals surface area contributed by atoms with Crippen molar-refractivity contribution in [3.63, 3.8) is 0 Å². The van der Waals surface area contributed by atoms with E-state index in [-0.39, 0.29) is 28.8 Å². The van der Waals surface area contributed by atoms with Crippen LogP contribution in [0.4, 0.5) is 0 Å². The Hall–Kier alpha value is -1.14. The molecule has 4 fully saturated rings. The molecule has 0 aromatic carbocycles. The number of hydrogen-bond donors (Lipinski definition) is 0. The number of carbonyl (C=O) groups excluding carboxylic acids is 2. The standard InChI is InChI=1S/C21H35N3O3/c1-4-21(19(26)23-12-10-22(2)11-13-23)14-16-6-7-17(21)24(16)18(25)20(15-27-3)8-5-9-20/h16-17H,4-15H2,1-3H3/t16-,17+,21+/m0/s1. The van der Waals surface area contributed by atoms with Gasteiger partial charge in [-0.3, -0.25) is 9.59 Å². The first-order valence-corrected chi connectivity index (χ1v) is 10.8. The zero-order valence-electron chi connectivity index (χ0n) is 17.2. The van der Waals surface area contributed by atoms with Gasteiger partial charge >= 0.3 is 0 Å². The highest BCUT2D eigenvalue weighted by molar-refractivity contribution is 5.89. The molecule has 3 heterocycles. The predicted molar refractivity (Wildman–Crippen MR) is 103 cm³/mol. The van der Waals surface area contributed by atoms with Crippen LogP contribution in [0.2, 0.25) is 0 Å². The third-order valence-electron chi connectivity index (χ3n) is 8.01. The summed E-state index contributed by atoms with van der Waals surface area (Å²) < 4.78 is 5.42. The van der Waals surface area contributed by atoms with E-state index in [1.54, 1.807) is 7.11 Å². The number of piperazine rings is 1. The predicted octanol–water partition coefficient (Wildman–Crippen LogP) is 1.74. The van der Waals surface area contributed by atoms with Crippen molar-refractivity contribution in [2.75, 3.05) is 46.9 Å². The van der Waals surface area contributed by atoms with E-state index in [2.05, 4.69) is 28.7 Å². The number of rotatable bonds is 5. The van der Waals surface area contributed by atoms with E-state index in [1.807, 2.05) is 0 Å². The Kier molecular flexibility index (Phi) is 5.00. The highest BCUT2D eigenvalue weighted by Crippen LogP contribution is 2.55. The molecule has 0 aromatic rings. The Balaban J connectivity index is 1.56. The SMILES string of the molecule is CC[C@@]1(C(=O)N2CCN(C)CC2)C[C@@H]2CC[C@H]1N2C(=O)C1(COC)CCC1. The van der Waals surface area contributed by atoms with Gasteiger partial charge in [-0.25, -0.2) is 0 Å². The summed E-state index contributed by atoms with van der Waals surface area (Å²) >= 11 is 0. The van der Waals surface area contributed by atoms with E-state index in [0.29, 0.717) is 12.5 Å². The van der Waals surface area contributed by atoms with Crippen molar-refractivity contribution >= 4 is 11.8 Å². The maximum atomic E-state index is 13.6.